The molecule has 156 valence electrons. The Morgan fingerprint density at radius 2 is 1.89 bits per heavy atom. The fraction of sp³-hybridized carbons (Fsp3) is 0.900. The molecular weight excluding hydrogens is 342 g/mol. The summed E-state index contributed by atoms with van der Waals surface area (Å²) in [7, 11) is 1.83. The number of aliphatic imine (C=N–C) groups is 1. The molecule has 2 atom stereocenters. The SMILES string of the molecule is CN=C(NCC(C(C)C)N1CCCC1)N1CCC(NC(=O)OC(C)(C)C)C1. The molecule has 0 saturated carbocycles. The van der Waals surface area contributed by atoms with Gasteiger partial charge in [-0.2, -0.15) is 0 Å². The Balaban J connectivity index is 1.82. The molecule has 0 aromatic carbocycles. The van der Waals surface area contributed by atoms with Crippen molar-refractivity contribution in [1.82, 2.24) is 20.4 Å². The fourth-order valence-corrected chi connectivity index (χ4v) is 3.93. The number of nitrogens with zero attached hydrogens (tertiary/aromatic N) is 3. The van der Waals surface area contributed by atoms with Gasteiger partial charge in [0, 0.05) is 32.7 Å². The lowest BCUT2D eigenvalue weighted by Gasteiger charge is -2.32. The molecule has 2 heterocycles. The summed E-state index contributed by atoms with van der Waals surface area (Å²) in [6.07, 6.45) is 3.18. The second-order valence-corrected chi connectivity index (χ2v) is 9.06. The van der Waals surface area contributed by atoms with Crippen molar-refractivity contribution in [3.63, 3.8) is 0 Å². The highest BCUT2D eigenvalue weighted by Gasteiger charge is 2.29. The highest BCUT2D eigenvalue weighted by molar-refractivity contribution is 5.80. The predicted octanol–water partition coefficient (Wildman–Crippen LogP) is 2.28. The third kappa shape index (κ3) is 6.87. The minimum absolute atomic E-state index is 0.0953. The zero-order valence-electron chi connectivity index (χ0n) is 18.0. The number of ether oxygens (including phenoxy) is 1. The van der Waals surface area contributed by atoms with Gasteiger partial charge < -0.3 is 20.3 Å². The van der Waals surface area contributed by atoms with Crippen molar-refractivity contribution in [2.45, 2.75) is 71.6 Å². The molecule has 2 saturated heterocycles. The number of hydrogen-bond donors (Lipinski definition) is 2. The van der Waals surface area contributed by atoms with Gasteiger partial charge in [0.2, 0.25) is 0 Å². The van der Waals surface area contributed by atoms with Crippen LogP contribution in [0.25, 0.3) is 0 Å². The van der Waals surface area contributed by atoms with Crippen molar-refractivity contribution >= 4 is 12.1 Å². The molecule has 0 aromatic rings. The van der Waals surface area contributed by atoms with E-state index in [2.05, 4.69) is 39.3 Å². The Morgan fingerprint density at radius 3 is 2.44 bits per heavy atom. The minimum Gasteiger partial charge on any atom is -0.444 e. The van der Waals surface area contributed by atoms with E-state index in [9.17, 15) is 4.79 Å². The van der Waals surface area contributed by atoms with Crippen LogP contribution >= 0.6 is 0 Å². The Kier molecular flexibility index (Phi) is 7.77. The first-order valence-electron chi connectivity index (χ1n) is 10.4. The van der Waals surface area contributed by atoms with Crippen LogP contribution in [0.5, 0.6) is 0 Å². The molecular formula is C20H39N5O2. The highest BCUT2D eigenvalue weighted by Crippen LogP contribution is 2.17. The van der Waals surface area contributed by atoms with Crippen LogP contribution in [-0.2, 0) is 4.74 Å². The van der Waals surface area contributed by atoms with Crippen LogP contribution in [0.2, 0.25) is 0 Å². The number of carbonyl (C=O) groups is 1. The highest BCUT2D eigenvalue weighted by atomic mass is 16.6. The van der Waals surface area contributed by atoms with Crippen molar-refractivity contribution in [2.75, 3.05) is 39.8 Å². The number of nitrogens with one attached hydrogen (secondary N) is 2. The number of alkyl carbamates (subject to hydrolysis) is 1. The van der Waals surface area contributed by atoms with Gasteiger partial charge in [0.25, 0.3) is 0 Å². The minimum atomic E-state index is -0.471. The third-order valence-electron chi connectivity index (χ3n) is 5.27. The molecule has 7 nitrogen and oxygen atoms in total. The van der Waals surface area contributed by atoms with E-state index in [-0.39, 0.29) is 12.1 Å². The summed E-state index contributed by atoms with van der Waals surface area (Å²) >= 11 is 0. The average molecular weight is 382 g/mol. The van der Waals surface area contributed by atoms with Gasteiger partial charge in [-0.25, -0.2) is 4.79 Å². The molecule has 2 N–H and O–H groups in total. The largest absolute Gasteiger partial charge is 0.444 e. The number of carbonyl (C=O) groups excluding carboxylic acids is 1. The maximum absolute atomic E-state index is 12.0. The van der Waals surface area contributed by atoms with Gasteiger partial charge in [-0.15, -0.1) is 0 Å². The smallest absolute Gasteiger partial charge is 0.407 e. The number of amides is 1. The van der Waals surface area contributed by atoms with Gasteiger partial charge in [-0.3, -0.25) is 9.89 Å². The summed E-state index contributed by atoms with van der Waals surface area (Å²) in [5.41, 5.74) is -0.471. The molecule has 27 heavy (non-hydrogen) atoms. The van der Waals surface area contributed by atoms with Crippen molar-refractivity contribution in [3.8, 4) is 0 Å². The van der Waals surface area contributed by atoms with Gasteiger partial charge in [-0.1, -0.05) is 13.8 Å². The second kappa shape index (κ2) is 9.62. The Labute approximate surface area is 164 Å². The molecule has 0 bridgehead atoms. The molecule has 0 spiro atoms. The van der Waals surface area contributed by atoms with Gasteiger partial charge in [0.1, 0.15) is 5.60 Å². The molecule has 1 amide bonds. The summed E-state index contributed by atoms with van der Waals surface area (Å²) < 4.78 is 5.36. The van der Waals surface area contributed by atoms with Crippen LogP contribution in [-0.4, -0.2) is 79.3 Å². The molecule has 7 heteroatoms. The summed E-state index contributed by atoms with van der Waals surface area (Å²) in [6.45, 7) is 15.2. The van der Waals surface area contributed by atoms with Crippen molar-refractivity contribution in [1.29, 1.82) is 0 Å². The van der Waals surface area contributed by atoms with Gasteiger partial charge in [0.15, 0.2) is 5.96 Å². The summed E-state index contributed by atoms with van der Waals surface area (Å²) in [4.78, 5) is 21.3. The summed E-state index contributed by atoms with van der Waals surface area (Å²) in [6, 6.07) is 0.625. The summed E-state index contributed by atoms with van der Waals surface area (Å²) in [5.74, 6) is 1.53. The van der Waals surface area contributed by atoms with E-state index in [0.29, 0.717) is 12.0 Å². The lowest BCUT2D eigenvalue weighted by Crippen LogP contribution is -2.50. The van der Waals surface area contributed by atoms with Crippen molar-refractivity contribution < 1.29 is 9.53 Å². The number of likely N-dealkylation sites (tertiary alicyclic amines) is 2. The van der Waals surface area contributed by atoms with Crippen molar-refractivity contribution in [2.24, 2.45) is 10.9 Å². The van der Waals surface area contributed by atoms with E-state index in [0.717, 1.165) is 32.0 Å². The maximum Gasteiger partial charge on any atom is 0.407 e. The van der Waals surface area contributed by atoms with Crippen LogP contribution in [0.15, 0.2) is 4.99 Å². The van der Waals surface area contributed by atoms with E-state index in [4.69, 9.17) is 4.74 Å². The van der Waals surface area contributed by atoms with E-state index >= 15 is 0 Å². The van der Waals surface area contributed by atoms with Crippen LogP contribution < -0.4 is 10.6 Å². The molecule has 2 fully saturated rings. The van der Waals surface area contributed by atoms with Crippen LogP contribution in [0.3, 0.4) is 0 Å². The van der Waals surface area contributed by atoms with E-state index in [1.165, 1.54) is 25.9 Å². The zero-order valence-corrected chi connectivity index (χ0v) is 18.0. The first-order chi connectivity index (χ1) is 12.7. The monoisotopic (exact) mass is 381 g/mol. The van der Waals surface area contributed by atoms with Gasteiger partial charge >= 0.3 is 6.09 Å². The van der Waals surface area contributed by atoms with Gasteiger partial charge in [0.05, 0.1) is 6.04 Å². The van der Waals surface area contributed by atoms with Gasteiger partial charge in [-0.05, 0) is 59.0 Å². The quantitative estimate of drug-likeness (QED) is 0.565. The molecule has 2 aliphatic heterocycles. The van der Waals surface area contributed by atoms with Crippen LogP contribution in [0.4, 0.5) is 4.79 Å². The standard InChI is InChI=1S/C20H39N5O2/c1-15(2)17(24-10-7-8-11-24)13-22-18(21-6)25-12-9-16(14-25)23-19(26)27-20(3,4)5/h15-17H,7-14H2,1-6H3,(H,21,22)(H,23,26). The number of hydrogen-bond acceptors (Lipinski definition) is 4. The number of rotatable bonds is 5. The van der Waals surface area contributed by atoms with Crippen LogP contribution in [0, 0.1) is 5.92 Å². The predicted molar refractivity (Wildman–Crippen MR) is 110 cm³/mol. The Morgan fingerprint density at radius 1 is 1.22 bits per heavy atom. The molecule has 0 aliphatic carbocycles. The topological polar surface area (TPSA) is 69.2 Å². The fourth-order valence-electron chi connectivity index (χ4n) is 3.93. The van der Waals surface area contributed by atoms with E-state index in [1.54, 1.807) is 0 Å². The molecule has 2 rings (SSSR count). The Bertz CT molecular complexity index is 509. The second-order valence-electron chi connectivity index (χ2n) is 9.06. The Hall–Kier alpha value is -1.50. The molecule has 0 aromatic heterocycles. The maximum atomic E-state index is 12.0. The average Bonchev–Trinajstić information content (AvgIpc) is 3.21. The first kappa shape index (κ1) is 21.8. The van der Waals surface area contributed by atoms with Crippen LogP contribution in [0.1, 0.15) is 53.9 Å². The lowest BCUT2D eigenvalue weighted by atomic mass is 10.0. The normalized spacial score (nSPS) is 23.0. The molecule has 2 aliphatic rings. The third-order valence-corrected chi connectivity index (χ3v) is 5.27. The lowest BCUT2D eigenvalue weighted by molar-refractivity contribution is 0.0507. The number of guanidine groups is 1. The molecule has 2 unspecified atom stereocenters. The van der Waals surface area contributed by atoms with E-state index < -0.39 is 5.60 Å². The summed E-state index contributed by atoms with van der Waals surface area (Å²) in [5, 5.41) is 6.55. The van der Waals surface area contributed by atoms with E-state index in [1.807, 2.05) is 27.8 Å². The first-order valence-corrected chi connectivity index (χ1v) is 10.4. The van der Waals surface area contributed by atoms with Crippen molar-refractivity contribution in [3.05, 3.63) is 0 Å². The molecule has 0 radical (unpaired) electrons. The zero-order chi connectivity index (χ0) is 20.0.